The van der Waals surface area contributed by atoms with Crippen molar-refractivity contribution in [3.8, 4) is 5.88 Å². The zero-order valence-electron chi connectivity index (χ0n) is 9.90. The maximum atomic E-state index is 9.72. The van der Waals surface area contributed by atoms with Gasteiger partial charge < -0.3 is 20.7 Å². The molecule has 0 aliphatic carbocycles. The highest BCUT2D eigenvalue weighted by molar-refractivity contribution is 5.76. The second kappa shape index (κ2) is 4.67. The van der Waals surface area contributed by atoms with Gasteiger partial charge in [0.05, 0.1) is 25.1 Å². The number of hydrogen-bond acceptors (Lipinski definition) is 8. The standard InChI is InChI=1S/C10H13N5O3/c1-4(16)7(17)5-3-12-8-6(13-5)9(18-2)15-10(11)14-8/h3-4,7,16-17H,1-2H3,(H2,11,12,14,15)/t4-,7-/m0/s1. The number of nitrogen functional groups attached to an aromatic ring is 1. The molecular weight excluding hydrogens is 238 g/mol. The lowest BCUT2D eigenvalue weighted by Gasteiger charge is -2.13. The fourth-order valence-corrected chi connectivity index (χ4v) is 1.44. The predicted molar refractivity (Wildman–Crippen MR) is 62.7 cm³/mol. The molecule has 2 rings (SSSR count). The van der Waals surface area contributed by atoms with Gasteiger partial charge in [-0.15, -0.1) is 0 Å². The molecule has 0 aliphatic rings. The van der Waals surface area contributed by atoms with Gasteiger partial charge in [-0.2, -0.15) is 9.97 Å². The molecule has 2 heterocycles. The molecule has 4 N–H and O–H groups in total. The molecule has 0 saturated heterocycles. The Morgan fingerprint density at radius 2 is 2.00 bits per heavy atom. The first kappa shape index (κ1) is 12.4. The van der Waals surface area contributed by atoms with Crippen molar-refractivity contribution >= 4 is 17.1 Å². The molecule has 0 radical (unpaired) electrons. The molecule has 0 bridgehead atoms. The van der Waals surface area contributed by atoms with E-state index in [1.807, 2.05) is 0 Å². The molecule has 0 spiro atoms. The van der Waals surface area contributed by atoms with Crippen molar-refractivity contribution in [2.45, 2.75) is 19.1 Å². The summed E-state index contributed by atoms with van der Waals surface area (Å²) in [6, 6.07) is 0. The summed E-state index contributed by atoms with van der Waals surface area (Å²) in [5.74, 6) is 0.196. The number of hydrogen-bond donors (Lipinski definition) is 3. The van der Waals surface area contributed by atoms with Crippen LogP contribution >= 0.6 is 0 Å². The minimum absolute atomic E-state index is 0.0254. The molecule has 0 unspecified atom stereocenters. The third-order valence-electron chi connectivity index (χ3n) is 2.36. The maximum absolute atomic E-state index is 9.72. The summed E-state index contributed by atoms with van der Waals surface area (Å²) in [4.78, 5) is 15.9. The molecule has 2 atom stereocenters. The number of methoxy groups -OCH3 is 1. The predicted octanol–water partition coefficient (Wildman–Crippen LogP) is -0.575. The lowest BCUT2D eigenvalue weighted by atomic mass is 10.2. The minimum Gasteiger partial charge on any atom is -0.479 e. The van der Waals surface area contributed by atoms with Crippen molar-refractivity contribution in [1.82, 2.24) is 19.9 Å². The van der Waals surface area contributed by atoms with Crippen molar-refractivity contribution < 1.29 is 14.9 Å². The van der Waals surface area contributed by atoms with E-state index >= 15 is 0 Å². The van der Waals surface area contributed by atoms with Crippen molar-refractivity contribution in [2.24, 2.45) is 0 Å². The summed E-state index contributed by atoms with van der Waals surface area (Å²) in [7, 11) is 1.42. The molecular formula is C10H13N5O3. The van der Waals surface area contributed by atoms with E-state index in [-0.39, 0.29) is 28.7 Å². The Balaban J connectivity index is 2.60. The van der Waals surface area contributed by atoms with E-state index in [2.05, 4.69) is 19.9 Å². The van der Waals surface area contributed by atoms with Crippen LogP contribution in [0.25, 0.3) is 11.2 Å². The highest BCUT2D eigenvalue weighted by Crippen LogP contribution is 2.22. The van der Waals surface area contributed by atoms with Gasteiger partial charge in [0.25, 0.3) is 0 Å². The van der Waals surface area contributed by atoms with Crippen LogP contribution in [-0.2, 0) is 0 Å². The number of rotatable bonds is 3. The number of aliphatic hydroxyl groups is 2. The molecule has 0 aromatic carbocycles. The normalized spacial score (nSPS) is 14.4. The molecule has 0 aliphatic heterocycles. The average Bonchev–Trinajstić information content (AvgIpc) is 2.36. The van der Waals surface area contributed by atoms with Crippen LogP contribution in [0.5, 0.6) is 5.88 Å². The van der Waals surface area contributed by atoms with E-state index in [1.54, 1.807) is 0 Å². The molecule has 18 heavy (non-hydrogen) atoms. The van der Waals surface area contributed by atoms with Crippen LogP contribution < -0.4 is 10.5 Å². The summed E-state index contributed by atoms with van der Waals surface area (Å²) in [6.07, 6.45) is -0.771. The summed E-state index contributed by atoms with van der Waals surface area (Å²) in [6.45, 7) is 1.45. The Bertz CT molecular complexity index is 575. The van der Waals surface area contributed by atoms with Gasteiger partial charge in [-0.25, -0.2) is 9.97 Å². The third-order valence-corrected chi connectivity index (χ3v) is 2.36. The van der Waals surface area contributed by atoms with Gasteiger partial charge >= 0.3 is 0 Å². The molecule has 2 aromatic heterocycles. The first-order valence-corrected chi connectivity index (χ1v) is 5.23. The lowest BCUT2D eigenvalue weighted by molar-refractivity contribution is 0.0278. The monoisotopic (exact) mass is 251 g/mol. The Kier molecular flexibility index (Phi) is 3.21. The Morgan fingerprint density at radius 1 is 1.28 bits per heavy atom. The number of fused-ring (bicyclic) bond motifs is 1. The van der Waals surface area contributed by atoms with E-state index in [1.165, 1.54) is 20.2 Å². The van der Waals surface area contributed by atoms with Gasteiger partial charge in [-0.3, -0.25) is 0 Å². The molecule has 96 valence electrons. The van der Waals surface area contributed by atoms with E-state index in [0.29, 0.717) is 0 Å². The minimum atomic E-state index is -1.14. The van der Waals surface area contributed by atoms with Crippen LogP contribution in [-0.4, -0.2) is 43.4 Å². The quantitative estimate of drug-likeness (QED) is 0.661. The first-order valence-electron chi connectivity index (χ1n) is 5.23. The largest absolute Gasteiger partial charge is 0.479 e. The van der Waals surface area contributed by atoms with E-state index in [4.69, 9.17) is 10.5 Å². The smallest absolute Gasteiger partial charge is 0.246 e. The van der Waals surface area contributed by atoms with Crippen LogP contribution in [0.15, 0.2) is 6.20 Å². The molecule has 8 heteroatoms. The zero-order chi connectivity index (χ0) is 13.3. The summed E-state index contributed by atoms with van der Waals surface area (Å²) >= 11 is 0. The van der Waals surface area contributed by atoms with Crippen molar-refractivity contribution in [3.05, 3.63) is 11.9 Å². The zero-order valence-corrected chi connectivity index (χ0v) is 9.90. The Hall–Kier alpha value is -2.06. The van der Waals surface area contributed by atoms with Crippen molar-refractivity contribution in [3.63, 3.8) is 0 Å². The topological polar surface area (TPSA) is 127 Å². The summed E-state index contributed by atoms with van der Waals surface area (Å²) in [5, 5.41) is 19.0. The highest BCUT2D eigenvalue weighted by atomic mass is 16.5. The van der Waals surface area contributed by atoms with Gasteiger partial charge in [0, 0.05) is 0 Å². The molecule has 2 aromatic rings. The first-order chi connectivity index (χ1) is 8.52. The number of aromatic nitrogens is 4. The van der Waals surface area contributed by atoms with E-state index in [0.717, 1.165) is 0 Å². The fourth-order valence-electron chi connectivity index (χ4n) is 1.44. The van der Waals surface area contributed by atoms with Gasteiger partial charge in [0.2, 0.25) is 11.8 Å². The van der Waals surface area contributed by atoms with Crippen molar-refractivity contribution in [2.75, 3.05) is 12.8 Å². The fraction of sp³-hybridized carbons (Fsp3) is 0.400. The SMILES string of the molecule is COc1nc(N)nc2ncc([C@@H](O)[C@H](C)O)nc12. The molecule has 8 nitrogen and oxygen atoms in total. The van der Waals surface area contributed by atoms with Crippen molar-refractivity contribution in [1.29, 1.82) is 0 Å². The van der Waals surface area contributed by atoms with Gasteiger partial charge in [0.15, 0.2) is 11.2 Å². The van der Waals surface area contributed by atoms with Crippen LogP contribution in [0.2, 0.25) is 0 Å². The number of anilines is 1. The van der Waals surface area contributed by atoms with Crippen LogP contribution in [0.1, 0.15) is 18.7 Å². The second-order valence-corrected chi connectivity index (χ2v) is 3.74. The highest BCUT2D eigenvalue weighted by Gasteiger charge is 2.18. The number of ether oxygens (including phenoxy) is 1. The van der Waals surface area contributed by atoms with Gasteiger partial charge in [-0.1, -0.05) is 0 Å². The summed E-state index contributed by atoms with van der Waals surface area (Å²) in [5.41, 5.74) is 6.25. The molecule has 0 saturated carbocycles. The summed E-state index contributed by atoms with van der Waals surface area (Å²) < 4.78 is 5.03. The third kappa shape index (κ3) is 2.15. The Labute approximate surface area is 102 Å². The average molecular weight is 251 g/mol. The number of aliphatic hydroxyl groups excluding tert-OH is 2. The van der Waals surface area contributed by atoms with Crippen LogP contribution in [0, 0.1) is 0 Å². The number of nitrogens with zero attached hydrogens (tertiary/aromatic N) is 4. The van der Waals surface area contributed by atoms with E-state index in [9.17, 15) is 10.2 Å². The maximum Gasteiger partial charge on any atom is 0.246 e. The molecule has 0 fully saturated rings. The second-order valence-electron chi connectivity index (χ2n) is 3.74. The number of nitrogens with two attached hydrogens (primary N) is 1. The van der Waals surface area contributed by atoms with Gasteiger partial charge in [-0.05, 0) is 6.92 Å². The van der Waals surface area contributed by atoms with Crippen LogP contribution in [0.3, 0.4) is 0 Å². The van der Waals surface area contributed by atoms with Crippen LogP contribution in [0.4, 0.5) is 5.95 Å². The van der Waals surface area contributed by atoms with Gasteiger partial charge in [0.1, 0.15) is 6.10 Å². The lowest BCUT2D eigenvalue weighted by Crippen LogP contribution is -2.16. The molecule has 0 amide bonds. The Morgan fingerprint density at radius 3 is 2.61 bits per heavy atom. The van der Waals surface area contributed by atoms with E-state index < -0.39 is 12.2 Å².